The van der Waals surface area contributed by atoms with Crippen LogP contribution in [0.1, 0.15) is 10.4 Å². The maximum absolute atomic E-state index is 11.3. The number of nitrogens with one attached hydrogen (secondary N) is 1. The summed E-state index contributed by atoms with van der Waals surface area (Å²) in [5.41, 5.74) is 13.4. The van der Waals surface area contributed by atoms with Crippen molar-refractivity contribution in [2.45, 2.75) is 0 Å². The van der Waals surface area contributed by atoms with Gasteiger partial charge in [-0.1, -0.05) is 12.1 Å². The van der Waals surface area contributed by atoms with Crippen molar-refractivity contribution in [2.75, 3.05) is 11.1 Å². The van der Waals surface area contributed by atoms with Gasteiger partial charge in [-0.05, 0) is 46.3 Å². The summed E-state index contributed by atoms with van der Waals surface area (Å²) in [6, 6.07) is 12.5. The molecule has 0 spiro atoms. The maximum atomic E-state index is 11.3. The van der Waals surface area contributed by atoms with E-state index in [-0.39, 0.29) is 0 Å². The molecule has 0 unspecified atom stereocenters. The van der Waals surface area contributed by atoms with Gasteiger partial charge >= 0.3 is 0 Å². The number of hydrogen-bond donors (Lipinski definition) is 3. The first kappa shape index (κ1) is 12.4. The first-order valence-corrected chi connectivity index (χ1v) is 6.08. The molecule has 0 aliphatic carbocycles. The molecule has 2 rings (SSSR count). The van der Waals surface area contributed by atoms with Gasteiger partial charge in [0.15, 0.2) is 0 Å². The molecule has 2 aromatic rings. The van der Waals surface area contributed by atoms with Crippen LogP contribution in [0.4, 0.5) is 17.1 Å². The molecule has 5 N–H and O–H groups in total. The number of nitrogens with two attached hydrogens (primary N) is 2. The molecule has 0 aromatic heterocycles. The zero-order valence-electron chi connectivity index (χ0n) is 9.48. The lowest BCUT2D eigenvalue weighted by atomic mass is 10.1. The zero-order valence-corrected chi connectivity index (χ0v) is 11.1. The van der Waals surface area contributed by atoms with Gasteiger partial charge in [-0.3, -0.25) is 4.79 Å². The Morgan fingerprint density at radius 3 is 2.50 bits per heavy atom. The molecule has 0 bridgehead atoms. The Bertz CT molecular complexity index is 599. The standard InChI is InChI=1S/C13H12BrN3O/c14-10-3-1-2-4-11(10)17-12-7-8(15)5-6-9(12)13(16)18/h1-7,17H,15H2,(H2,16,18). The molecule has 0 radical (unpaired) electrons. The molecule has 92 valence electrons. The summed E-state index contributed by atoms with van der Waals surface area (Å²) in [7, 11) is 0. The van der Waals surface area contributed by atoms with Crippen molar-refractivity contribution in [3.8, 4) is 0 Å². The Morgan fingerprint density at radius 2 is 1.83 bits per heavy atom. The van der Waals surface area contributed by atoms with Gasteiger partial charge in [-0.15, -0.1) is 0 Å². The van der Waals surface area contributed by atoms with E-state index in [9.17, 15) is 4.79 Å². The predicted molar refractivity (Wildman–Crippen MR) is 76.8 cm³/mol. The number of primary amides is 1. The molecule has 5 heteroatoms. The molecule has 0 aliphatic rings. The van der Waals surface area contributed by atoms with Crippen molar-refractivity contribution in [3.05, 3.63) is 52.5 Å². The largest absolute Gasteiger partial charge is 0.399 e. The molecule has 2 aromatic carbocycles. The van der Waals surface area contributed by atoms with Gasteiger partial charge in [0, 0.05) is 10.2 Å². The number of halogens is 1. The number of amides is 1. The molecule has 0 aliphatic heterocycles. The Kier molecular flexibility index (Phi) is 3.53. The van der Waals surface area contributed by atoms with E-state index in [1.807, 2.05) is 24.3 Å². The Labute approximate surface area is 113 Å². The minimum absolute atomic E-state index is 0.403. The van der Waals surface area contributed by atoms with E-state index in [0.717, 1.165) is 10.2 Å². The normalized spacial score (nSPS) is 10.1. The van der Waals surface area contributed by atoms with E-state index >= 15 is 0 Å². The predicted octanol–water partition coefficient (Wildman–Crippen LogP) is 2.87. The van der Waals surface area contributed by atoms with Crippen molar-refractivity contribution in [2.24, 2.45) is 5.73 Å². The fraction of sp³-hybridized carbons (Fsp3) is 0. The summed E-state index contributed by atoms with van der Waals surface area (Å²) in [5, 5.41) is 3.14. The van der Waals surface area contributed by atoms with Crippen LogP contribution < -0.4 is 16.8 Å². The molecule has 0 heterocycles. The zero-order chi connectivity index (χ0) is 13.1. The fourth-order valence-electron chi connectivity index (χ4n) is 1.59. The van der Waals surface area contributed by atoms with Gasteiger partial charge in [-0.2, -0.15) is 0 Å². The van der Waals surface area contributed by atoms with Crippen LogP contribution in [0.25, 0.3) is 0 Å². The molecule has 0 saturated carbocycles. The second-order valence-electron chi connectivity index (χ2n) is 3.77. The van der Waals surface area contributed by atoms with Crippen LogP contribution >= 0.6 is 15.9 Å². The average Bonchev–Trinajstić information content (AvgIpc) is 2.32. The lowest BCUT2D eigenvalue weighted by molar-refractivity contribution is 0.100. The van der Waals surface area contributed by atoms with E-state index < -0.39 is 5.91 Å². The minimum atomic E-state index is -0.496. The molecule has 0 fully saturated rings. The highest BCUT2D eigenvalue weighted by Crippen LogP contribution is 2.28. The molecule has 18 heavy (non-hydrogen) atoms. The molecule has 4 nitrogen and oxygen atoms in total. The summed E-state index contributed by atoms with van der Waals surface area (Å²) in [6.07, 6.45) is 0. The number of anilines is 3. The fourth-order valence-corrected chi connectivity index (χ4v) is 1.97. The van der Waals surface area contributed by atoms with Crippen LogP contribution in [-0.4, -0.2) is 5.91 Å². The molecule has 0 atom stereocenters. The number of carbonyl (C=O) groups excluding carboxylic acids is 1. The summed E-state index contributed by atoms with van der Waals surface area (Å²) < 4.78 is 0.892. The van der Waals surface area contributed by atoms with Crippen LogP contribution in [0.15, 0.2) is 46.9 Å². The van der Waals surface area contributed by atoms with E-state index in [4.69, 9.17) is 11.5 Å². The van der Waals surface area contributed by atoms with Gasteiger partial charge in [-0.25, -0.2) is 0 Å². The summed E-state index contributed by atoms with van der Waals surface area (Å²) in [5.74, 6) is -0.496. The lowest BCUT2D eigenvalue weighted by Crippen LogP contribution is -2.13. The second-order valence-corrected chi connectivity index (χ2v) is 4.63. The smallest absolute Gasteiger partial charge is 0.250 e. The number of benzene rings is 2. The third-order valence-corrected chi connectivity index (χ3v) is 3.14. The third-order valence-electron chi connectivity index (χ3n) is 2.45. The van der Waals surface area contributed by atoms with Gasteiger partial charge < -0.3 is 16.8 Å². The molecule has 1 amide bonds. The highest BCUT2D eigenvalue weighted by atomic mass is 79.9. The summed E-state index contributed by atoms with van der Waals surface area (Å²) in [4.78, 5) is 11.3. The maximum Gasteiger partial charge on any atom is 0.250 e. The molecular formula is C13H12BrN3O. The summed E-state index contributed by atoms with van der Waals surface area (Å²) >= 11 is 3.42. The monoisotopic (exact) mass is 305 g/mol. The quantitative estimate of drug-likeness (QED) is 0.763. The average molecular weight is 306 g/mol. The van der Waals surface area contributed by atoms with Gasteiger partial charge in [0.1, 0.15) is 0 Å². The van der Waals surface area contributed by atoms with Crippen molar-refractivity contribution >= 4 is 38.9 Å². The third kappa shape index (κ3) is 2.62. The van der Waals surface area contributed by atoms with E-state index in [1.165, 1.54) is 0 Å². The number of hydrogen-bond acceptors (Lipinski definition) is 3. The second kappa shape index (κ2) is 5.10. The first-order chi connectivity index (χ1) is 8.58. The molecular weight excluding hydrogens is 294 g/mol. The lowest BCUT2D eigenvalue weighted by Gasteiger charge is -2.12. The number of para-hydroxylation sites is 1. The Morgan fingerprint density at radius 1 is 1.11 bits per heavy atom. The van der Waals surface area contributed by atoms with Crippen LogP contribution in [0.3, 0.4) is 0 Å². The number of nitrogen functional groups attached to an aromatic ring is 1. The topological polar surface area (TPSA) is 81.1 Å². The van der Waals surface area contributed by atoms with Crippen LogP contribution in [-0.2, 0) is 0 Å². The van der Waals surface area contributed by atoms with Crippen molar-refractivity contribution < 1.29 is 4.79 Å². The number of carbonyl (C=O) groups is 1. The van der Waals surface area contributed by atoms with E-state index in [1.54, 1.807) is 18.2 Å². The van der Waals surface area contributed by atoms with Gasteiger partial charge in [0.25, 0.3) is 5.91 Å². The van der Waals surface area contributed by atoms with Gasteiger partial charge in [0.2, 0.25) is 0 Å². The van der Waals surface area contributed by atoms with Gasteiger partial charge in [0.05, 0.1) is 16.9 Å². The SMILES string of the molecule is NC(=O)c1ccc(N)cc1Nc1ccccc1Br. The highest BCUT2D eigenvalue weighted by molar-refractivity contribution is 9.10. The van der Waals surface area contributed by atoms with Crippen molar-refractivity contribution in [3.63, 3.8) is 0 Å². The van der Waals surface area contributed by atoms with Crippen LogP contribution in [0, 0.1) is 0 Å². The minimum Gasteiger partial charge on any atom is -0.399 e. The Hall–Kier alpha value is -2.01. The van der Waals surface area contributed by atoms with Crippen molar-refractivity contribution in [1.82, 2.24) is 0 Å². The van der Waals surface area contributed by atoms with Crippen LogP contribution in [0.5, 0.6) is 0 Å². The Balaban J connectivity index is 2.42. The first-order valence-electron chi connectivity index (χ1n) is 5.29. The summed E-state index contributed by atoms with van der Waals surface area (Å²) in [6.45, 7) is 0. The number of rotatable bonds is 3. The molecule has 0 saturated heterocycles. The van der Waals surface area contributed by atoms with Crippen LogP contribution in [0.2, 0.25) is 0 Å². The van der Waals surface area contributed by atoms with E-state index in [2.05, 4.69) is 21.2 Å². The highest BCUT2D eigenvalue weighted by Gasteiger charge is 2.09. The van der Waals surface area contributed by atoms with E-state index in [0.29, 0.717) is 16.9 Å². The van der Waals surface area contributed by atoms with Crippen molar-refractivity contribution in [1.29, 1.82) is 0 Å².